The van der Waals surface area contributed by atoms with Crippen LogP contribution in [0.4, 0.5) is 0 Å². The van der Waals surface area contributed by atoms with Crippen LogP contribution in [0.2, 0.25) is 0 Å². The van der Waals surface area contributed by atoms with E-state index in [-0.39, 0.29) is 5.91 Å². The lowest BCUT2D eigenvalue weighted by atomic mass is 10.2. The Bertz CT molecular complexity index is 953. The van der Waals surface area contributed by atoms with Gasteiger partial charge in [-0.25, -0.2) is 4.98 Å². The fraction of sp³-hybridized carbons (Fsp3) is 0.222. The van der Waals surface area contributed by atoms with Crippen molar-refractivity contribution in [1.82, 2.24) is 19.3 Å². The Hall–Kier alpha value is -2.60. The van der Waals surface area contributed by atoms with E-state index in [4.69, 9.17) is 0 Å². The van der Waals surface area contributed by atoms with Gasteiger partial charge in [-0.05, 0) is 23.9 Å². The van der Waals surface area contributed by atoms with Crippen LogP contribution in [0.25, 0.3) is 15.9 Å². The molecule has 0 saturated heterocycles. The zero-order chi connectivity index (χ0) is 16.4. The molecule has 0 unspecified atom stereocenters. The fourth-order valence-electron chi connectivity index (χ4n) is 2.90. The number of aromatic nitrogens is 3. The number of hydrogen-bond donors (Lipinski definition) is 1. The summed E-state index contributed by atoms with van der Waals surface area (Å²) in [6.45, 7) is 1.57. The first-order valence-corrected chi connectivity index (χ1v) is 8.89. The number of para-hydroxylation sites is 1. The summed E-state index contributed by atoms with van der Waals surface area (Å²) in [5, 5.41) is 6.21. The molecule has 1 amide bonds. The van der Waals surface area contributed by atoms with Crippen LogP contribution in [0.15, 0.2) is 54.3 Å². The number of carbonyl (C=O) groups is 1. The second-order valence-corrected chi connectivity index (χ2v) is 6.65. The van der Waals surface area contributed by atoms with E-state index < -0.39 is 0 Å². The van der Waals surface area contributed by atoms with Gasteiger partial charge in [0.25, 0.3) is 0 Å². The molecule has 24 heavy (non-hydrogen) atoms. The molecule has 4 aromatic rings. The number of fused-ring (bicyclic) bond motifs is 2. The number of rotatable bonds is 6. The molecule has 0 bridgehead atoms. The maximum Gasteiger partial charge on any atom is 0.226 e. The smallest absolute Gasteiger partial charge is 0.226 e. The largest absolute Gasteiger partial charge is 0.356 e. The Morgan fingerprint density at radius 1 is 1.21 bits per heavy atom. The van der Waals surface area contributed by atoms with E-state index in [1.807, 2.05) is 28.2 Å². The predicted molar refractivity (Wildman–Crippen MR) is 96.3 cm³/mol. The number of amides is 1. The summed E-state index contributed by atoms with van der Waals surface area (Å²) in [6, 6.07) is 10.5. The normalized spacial score (nSPS) is 11.3. The second kappa shape index (κ2) is 6.49. The maximum absolute atomic E-state index is 12.0. The Labute approximate surface area is 143 Å². The molecule has 0 aliphatic heterocycles. The van der Waals surface area contributed by atoms with Crippen molar-refractivity contribution in [2.45, 2.75) is 19.4 Å². The number of hydrogen-bond acceptors (Lipinski definition) is 3. The Kier molecular flexibility index (Phi) is 4.04. The number of nitrogens with one attached hydrogen (secondary N) is 1. The lowest BCUT2D eigenvalue weighted by Crippen LogP contribution is -2.26. The number of imidazole rings is 1. The third-order valence-corrected chi connectivity index (χ3v) is 4.83. The summed E-state index contributed by atoms with van der Waals surface area (Å²) in [4.78, 5) is 17.4. The lowest BCUT2D eigenvalue weighted by Gasteiger charge is -2.07. The van der Waals surface area contributed by atoms with Crippen molar-refractivity contribution in [1.29, 1.82) is 0 Å². The molecule has 0 fully saturated rings. The van der Waals surface area contributed by atoms with Gasteiger partial charge in [0.05, 0.1) is 12.1 Å². The highest BCUT2D eigenvalue weighted by atomic mass is 32.1. The first-order chi connectivity index (χ1) is 11.8. The zero-order valence-electron chi connectivity index (χ0n) is 13.2. The van der Waals surface area contributed by atoms with Gasteiger partial charge in [0.2, 0.25) is 5.91 Å². The van der Waals surface area contributed by atoms with Gasteiger partial charge in [0.1, 0.15) is 0 Å². The molecule has 0 aliphatic carbocycles. The van der Waals surface area contributed by atoms with Gasteiger partial charge < -0.3 is 9.88 Å². The van der Waals surface area contributed by atoms with Crippen LogP contribution in [0.5, 0.6) is 0 Å². The van der Waals surface area contributed by atoms with Crippen LogP contribution >= 0.6 is 11.3 Å². The van der Waals surface area contributed by atoms with Crippen LogP contribution in [0.1, 0.15) is 12.1 Å². The molecule has 0 saturated carbocycles. The molecule has 1 N–H and O–H groups in total. The van der Waals surface area contributed by atoms with Crippen LogP contribution in [-0.2, 0) is 17.8 Å². The van der Waals surface area contributed by atoms with E-state index in [9.17, 15) is 4.79 Å². The highest BCUT2D eigenvalue weighted by Crippen LogP contribution is 2.15. The highest BCUT2D eigenvalue weighted by Gasteiger charge is 2.08. The quantitative estimate of drug-likeness (QED) is 0.549. The number of thiazole rings is 1. The van der Waals surface area contributed by atoms with Crippen molar-refractivity contribution in [2.75, 3.05) is 6.54 Å². The van der Waals surface area contributed by atoms with Gasteiger partial charge >= 0.3 is 0 Å². The van der Waals surface area contributed by atoms with Crippen molar-refractivity contribution in [2.24, 2.45) is 0 Å². The summed E-state index contributed by atoms with van der Waals surface area (Å²) >= 11 is 1.57. The highest BCUT2D eigenvalue weighted by molar-refractivity contribution is 7.15. The van der Waals surface area contributed by atoms with E-state index in [1.165, 1.54) is 10.9 Å². The zero-order valence-corrected chi connectivity index (χ0v) is 14.0. The SMILES string of the molecule is O=C(Cc1cn2ccsc2n1)NCCCn1ccc2ccccc21. The minimum atomic E-state index is 0.0260. The third-order valence-electron chi connectivity index (χ3n) is 4.06. The minimum Gasteiger partial charge on any atom is -0.356 e. The van der Waals surface area contributed by atoms with E-state index in [2.05, 4.69) is 45.3 Å². The molecular formula is C18H18N4OS. The summed E-state index contributed by atoms with van der Waals surface area (Å²) in [5.41, 5.74) is 2.05. The summed E-state index contributed by atoms with van der Waals surface area (Å²) in [5.74, 6) is 0.0260. The summed E-state index contributed by atoms with van der Waals surface area (Å²) in [7, 11) is 0. The van der Waals surface area contributed by atoms with Crippen molar-refractivity contribution in [3.05, 3.63) is 60.0 Å². The van der Waals surface area contributed by atoms with Crippen molar-refractivity contribution < 1.29 is 4.79 Å². The summed E-state index contributed by atoms with van der Waals surface area (Å²) < 4.78 is 4.18. The van der Waals surface area contributed by atoms with Gasteiger partial charge in [-0.15, -0.1) is 11.3 Å². The molecule has 6 heteroatoms. The average Bonchev–Trinajstić information content (AvgIpc) is 3.26. The minimum absolute atomic E-state index is 0.0260. The van der Waals surface area contributed by atoms with Crippen LogP contribution in [-0.4, -0.2) is 26.4 Å². The number of aryl methyl sites for hydroxylation is 1. The molecule has 122 valence electrons. The fourth-order valence-corrected chi connectivity index (χ4v) is 3.62. The first kappa shape index (κ1) is 15.0. The standard InChI is InChI=1S/C18H18N4OS/c23-17(12-15-13-22-10-11-24-18(22)20-15)19-7-3-8-21-9-6-14-4-1-2-5-16(14)21/h1-2,4-6,9-11,13H,3,7-8,12H2,(H,19,23). The monoisotopic (exact) mass is 338 g/mol. The van der Waals surface area contributed by atoms with Crippen molar-refractivity contribution in [3.63, 3.8) is 0 Å². The topological polar surface area (TPSA) is 51.3 Å². The number of benzene rings is 1. The van der Waals surface area contributed by atoms with Crippen LogP contribution in [0, 0.1) is 0 Å². The van der Waals surface area contributed by atoms with Gasteiger partial charge in [0.15, 0.2) is 4.96 Å². The molecule has 1 aromatic carbocycles. The van der Waals surface area contributed by atoms with Crippen molar-refractivity contribution in [3.8, 4) is 0 Å². The van der Waals surface area contributed by atoms with Gasteiger partial charge in [-0.3, -0.25) is 9.20 Å². The molecule has 0 radical (unpaired) electrons. The molecule has 5 nitrogen and oxygen atoms in total. The molecule has 0 atom stereocenters. The average molecular weight is 338 g/mol. The van der Waals surface area contributed by atoms with Crippen LogP contribution in [0.3, 0.4) is 0 Å². The molecule has 4 rings (SSSR count). The second-order valence-electron chi connectivity index (χ2n) is 5.77. The summed E-state index contributed by atoms with van der Waals surface area (Å²) in [6.07, 6.45) is 7.21. The Morgan fingerprint density at radius 3 is 3.04 bits per heavy atom. The Morgan fingerprint density at radius 2 is 2.12 bits per heavy atom. The van der Waals surface area contributed by atoms with E-state index >= 15 is 0 Å². The Balaban J connectivity index is 1.26. The van der Waals surface area contributed by atoms with E-state index in [0.29, 0.717) is 13.0 Å². The number of carbonyl (C=O) groups excluding carboxylic acids is 1. The molecule has 3 heterocycles. The third kappa shape index (κ3) is 3.05. The molecule has 0 aliphatic rings. The lowest BCUT2D eigenvalue weighted by molar-refractivity contribution is -0.120. The van der Waals surface area contributed by atoms with E-state index in [0.717, 1.165) is 23.6 Å². The predicted octanol–water partition coefficient (Wildman–Crippen LogP) is 3.10. The van der Waals surface area contributed by atoms with Crippen LogP contribution < -0.4 is 5.32 Å². The molecule has 3 aromatic heterocycles. The van der Waals surface area contributed by atoms with Gasteiger partial charge in [0, 0.05) is 42.6 Å². The van der Waals surface area contributed by atoms with Crippen molar-refractivity contribution >= 4 is 33.1 Å². The van der Waals surface area contributed by atoms with Gasteiger partial charge in [-0.1, -0.05) is 18.2 Å². The molecule has 0 spiro atoms. The van der Waals surface area contributed by atoms with E-state index in [1.54, 1.807) is 11.3 Å². The van der Waals surface area contributed by atoms with Gasteiger partial charge in [-0.2, -0.15) is 0 Å². The molecular weight excluding hydrogens is 320 g/mol. The maximum atomic E-state index is 12.0. The number of nitrogens with zero attached hydrogens (tertiary/aromatic N) is 3. The first-order valence-electron chi connectivity index (χ1n) is 8.01.